The van der Waals surface area contributed by atoms with Crippen LogP contribution in [0.25, 0.3) is 0 Å². The van der Waals surface area contributed by atoms with Crippen molar-refractivity contribution in [2.24, 2.45) is 5.92 Å². The molecule has 1 nitrogen and oxygen atoms in total. The van der Waals surface area contributed by atoms with E-state index in [9.17, 15) is 8.78 Å². The molecule has 0 aliphatic rings. The summed E-state index contributed by atoms with van der Waals surface area (Å²) >= 11 is 0. The van der Waals surface area contributed by atoms with Gasteiger partial charge in [0.25, 0.3) is 0 Å². The predicted molar refractivity (Wildman–Crippen MR) is 76.1 cm³/mol. The minimum atomic E-state index is -0.515. The summed E-state index contributed by atoms with van der Waals surface area (Å²) in [5.74, 6) is -0.558. The largest absolute Gasteiger partial charge is 0.310 e. The number of halogens is 2. The molecule has 1 aromatic carbocycles. The molecule has 0 saturated carbocycles. The van der Waals surface area contributed by atoms with Crippen molar-refractivity contribution in [3.8, 4) is 0 Å². The first kappa shape index (κ1) is 16.1. The predicted octanol–water partition coefficient (Wildman–Crippen LogP) is 4.83. The molecule has 1 unspecified atom stereocenters. The van der Waals surface area contributed by atoms with Crippen LogP contribution in [0.5, 0.6) is 0 Å². The van der Waals surface area contributed by atoms with E-state index in [0.29, 0.717) is 11.5 Å². The summed E-state index contributed by atoms with van der Waals surface area (Å²) in [5, 5.41) is 3.37. The van der Waals surface area contributed by atoms with Gasteiger partial charge in [0.15, 0.2) is 0 Å². The van der Waals surface area contributed by atoms with E-state index < -0.39 is 11.6 Å². The highest BCUT2D eigenvalue weighted by Crippen LogP contribution is 2.31. The lowest BCUT2D eigenvalue weighted by Gasteiger charge is -2.28. The number of hydrogen-bond acceptors (Lipinski definition) is 1. The van der Waals surface area contributed by atoms with Crippen LogP contribution in [0.1, 0.15) is 58.1 Å². The number of hydrogen-bond donors (Lipinski definition) is 1. The van der Waals surface area contributed by atoms with Crippen molar-refractivity contribution in [2.75, 3.05) is 6.54 Å². The standard InChI is InChI=1S/C16H25F2N/c1-4-7-12(8-5-2)16(19-6-3)14-10-9-13(17)11-15(14)18/h9-12,16,19H,4-8H2,1-3H3. The lowest BCUT2D eigenvalue weighted by Crippen LogP contribution is -2.29. The van der Waals surface area contributed by atoms with E-state index in [0.717, 1.165) is 38.3 Å². The zero-order chi connectivity index (χ0) is 14.3. The Hall–Kier alpha value is -0.960. The molecule has 108 valence electrons. The lowest BCUT2D eigenvalue weighted by molar-refractivity contribution is 0.312. The highest BCUT2D eigenvalue weighted by atomic mass is 19.1. The molecule has 0 fully saturated rings. The molecule has 19 heavy (non-hydrogen) atoms. The molecule has 0 radical (unpaired) electrons. The van der Waals surface area contributed by atoms with Gasteiger partial charge in [0, 0.05) is 17.7 Å². The topological polar surface area (TPSA) is 12.0 Å². The highest BCUT2D eigenvalue weighted by Gasteiger charge is 2.23. The summed E-state index contributed by atoms with van der Waals surface area (Å²) in [7, 11) is 0. The molecule has 1 atom stereocenters. The molecule has 1 aromatic rings. The smallest absolute Gasteiger partial charge is 0.130 e. The monoisotopic (exact) mass is 269 g/mol. The van der Waals surface area contributed by atoms with Crippen molar-refractivity contribution in [3.63, 3.8) is 0 Å². The molecule has 0 amide bonds. The molecular weight excluding hydrogens is 244 g/mol. The number of benzene rings is 1. The first-order chi connectivity index (χ1) is 9.13. The van der Waals surface area contributed by atoms with E-state index in [1.165, 1.54) is 6.07 Å². The first-order valence-electron chi connectivity index (χ1n) is 7.32. The van der Waals surface area contributed by atoms with Gasteiger partial charge in [-0.2, -0.15) is 0 Å². The van der Waals surface area contributed by atoms with Crippen molar-refractivity contribution in [2.45, 2.75) is 52.5 Å². The van der Waals surface area contributed by atoms with E-state index in [-0.39, 0.29) is 6.04 Å². The van der Waals surface area contributed by atoms with Gasteiger partial charge in [-0.15, -0.1) is 0 Å². The second-order valence-corrected chi connectivity index (χ2v) is 5.04. The van der Waals surface area contributed by atoms with Gasteiger partial charge in [-0.25, -0.2) is 8.78 Å². The zero-order valence-electron chi connectivity index (χ0n) is 12.2. The van der Waals surface area contributed by atoms with Crippen LogP contribution >= 0.6 is 0 Å². The van der Waals surface area contributed by atoms with Gasteiger partial charge in [0.05, 0.1) is 0 Å². The minimum absolute atomic E-state index is 0.0227. The zero-order valence-corrected chi connectivity index (χ0v) is 12.2. The van der Waals surface area contributed by atoms with Crippen molar-refractivity contribution in [3.05, 3.63) is 35.4 Å². The molecule has 0 saturated heterocycles. The van der Waals surface area contributed by atoms with E-state index in [2.05, 4.69) is 19.2 Å². The second kappa shape index (κ2) is 8.26. The van der Waals surface area contributed by atoms with Gasteiger partial charge >= 0.3 is 0 Å². The van der Waals surface area contributed by atoms with Crippen LogP contribution in [0.3, 0.4) is 0 Å². The summed E-state index contributed by atoms with van der Waals surface area (Å²) < 4.78 is 27.0. The molecule has 0 spiro atoms. The van der Waals surface area contributed by atoms with E-state index >= 15 is 0 Å². The van der Waals surface area contributed by atoms with Crippen LogP contribution in [-0.4, -0.2) is 6.54 Å². The Morgan fingerprint density at radius 1 is 1.05 bits per heavy atom. The Bertz CT molecular complexity index is 373. The molecule has 3 heteroatoms. The summed E-state index contributed by atoms with van der Waals surface area (Å²) in [5.41, 5.74) is 0.593. The average Bonchev–Trinajstić information content (AvgIpc) is 2.37. The Morgan fingerprint density at radius 2 is 1.68 bits per heavy atom. The van der Waals surface area contributed by atoms with Crippen LogP contribution in [0.4, 0.5) is 8.78 Å². The molecular formula is C16H25F2N. The molecule has 0 aliphatic heterocycles. The molecule has 0 aliphatic carbocycles. The van der Waals surface area contributed by atoms with Gasteiger partial charge in [0.1, 0.15) is 11.6 Å². The maximum Gasteiger partial charge on any atom is 0.130 e. The fourth-order valence-corrected chi connectivity index (χ4v) is 2.72. The second-order valence-electron chi connectivity index (χ2n) is 5.04. The summed E-state index contributed by atoms with van der Waals surface area (Å²) in [6.07, 6.45) is 4.27. The number of rotatable bonds is 8. The maximum atomic E-state index is 14.0. The minimum Gasteiger partial charge on any atom is -0.310 e. The Balaban J connectivity index is 3.02. The lowest BCUT2D eigenvalue weighted by atomic mass is 9.86. The van der Waals surface area contributed by atoms with Gasteiger partial charge < -0.3 is 5.32 Å². The summed E-state index contributed by atoms with van der Waals surface area (Å²) in [6, 6.07) is 3.88. The maximum absolute atomic E-state index is 14.0. The van der Waals surface area contributed by atoms with Gasteiger partial charge in [-0.05, 0) is 31.4 Å². The van der Waals surface area contributed by atoms with Crippen LogP contribution in [0, 0.1) is 17.6 Å². The third kappa shape index (κ3) is 4.57. The molecule has 0 aromatic heterocycles. The molecule has 1 rings (SSSR count). The van der Waals surface area contributed by atoms with Gasteiger partial charge in [-0.1, -0.05) is 39.7 Å². The van der Waals surface area contributed by atoms with E-state index in [1.807, 2.05) is 6.92 Å². The van der Waals surface area contributed by atoms with E-state index in [4.69, 9.17) is 0 Å². The summed E-state index contributed by atoms with van der Waals surface area (Å²) in [4.78, 5) is 0. The van der Waals surface area contributed by atoms with Crippen molar-refractivity contribution >= 4 is 0 Å². The quantitative estimate of drug-likeness (QED) is 0.712. The summed E-state index contributed by atoms with van der Waals surface area (Å²) in [6.45, 7) is 7.09. The SMILES string of the molecule is CCCC(CCC)C(NCC)c1ccc(F)cc1F. The fraction of sp³-hybridized carbons (Fsp3) is 0.625. The van der Waals surface area contributed by atoms with Gasteiger partial charge in [0.2, 0.25) is 0 Å². The molecule has 0 bridgehead atoms. The van der Waals surface area contributed by atoms with Crippen LogP contribution in [0.15, 0.2) is 18.2 Å². The Kier molecular flexibility index (Phi) is 7.00. The fourth-order valence-electron chi connectivity index (χ4n) is 2.72. The Morgan fingerprint density at radius 3 is 2.16 bits per heavy atom. The van der Waals surface area contributed by atoms with E-state index in [1.54, 1.807) is 6.07 Å². The number of nitrogens with one attached hydrogen (secondary N) is 1. The highest BCUT2D eigenvalue weighted by molar-refractivity contribution is 5.23. The van der Waals surface area contributed by atoms with Crippen molar-refractivity contribution in [1.29, 1.82) is 0 Å². The van der Waals surface area contributed by atoms with Crippen molar-refractivity contribution < 1.29 is 8.78 Å². The van der Waals surface area contributed by atoms with Crippen LogP contribution in [-0.2, 0) is 0 Å². The Labute approximate surface area is 115 Å². The third-order valence-electron chi connectivity index (χ3n) is 3.51. The molecule has 0 heterocycles. The molecule has 1 N–H and O–H groups in total. The normalized spacial score (nSPS) is 12.9. The van der Waals surface area contributed by atoms with Gasteiger partial charge in [-0.3, -0.25) is 0 Å². The third-order valence-corrected chi connectivity index (χ3v) is 3.51. The van der Waals surface area contributed by atoms with Crippen molar-refractivity contribution in [1.82, 2.24) is 5.32 Å². The van der Waals surface area contributed by atoms with Crippen LogP contribution < -0.4 is 5.32 Å². The average molecular weight is 269 g/mol. The first-order valence-corrected chi connectivity index (χ1v) is 7.32. The van der Waals surface area contributed by atoms with Crippen LogP contribution in [0.2, 0.25) is 0 Å².